The van der Waals surface area contributed by atoms with Crippen LogP contribution in [0.15, 0.2) is 47.3 Å². The van der Waals surface area contributed by atoms with E-state index in [9.17, 15) is 14.0 Å². The molecule has 0 aliphatic rings. The Hall–Kier alpha value is -2.80. The van der Waals surface area contributed by atoms with Gasteiger partial charge in [0.25, 0.3) is 11.5 Å². The van der Waals surface area contributed by atoms with Gasteiger partial charge in [-0.2, -0.15) is 0 Å². The first-order valence-electron chi connectivity index (χ1n) is 7.33. The van der Waals surface area contributed by atoms with Crippen molar-refractivity contribution in [3.8, 4) is 0 Å². The predicted molar refractivity (Wildman–Crippen MR) is 93.4 cm³/mol. The number of carbonyl (C=O) groups excluding carboxylic acids is 1. The highest BCUT2D eigenvalue weighted by molar-refractivity contribution is 7.71. The Morgan fingerprint density at radius 3 is 2.79 bits per heavy atom. The van der Waals surface area contributed by atoms with Gasteiger partial charge in [0.05, 0.1) is 10.9 Å². The molecule has 0 atom stereocenters. The fraction of sp³-hybridized carbons (Fsp3) is 0.118. The third kappa shape index (κ3) is 2.98. The van der Waals surface area contributed by atoms with Crippen molar-refractivity contribution in [1.82, 2.24) is 9.55 Å². The van der Waals surface area contributed by atoms with Gasteiger partial charge in [0, 0.05) is 17.8 Å². The van der Waals surface area contributed by atoms with Gasteiger partial charge in [-0.05, 0) is 55.5 Å². The van der Waals surface area contributed by atoms with Crippen LogP contribution in [0.4, 0.5) is 10.1 Å². The summed E-state index contributed by atoms with van der Waals surface area (Å²) >= 11 is 5.16. The number of nitrogens with one attached hydrogen (secondary N) is 2. The largest absolute Gasteiger partial charge is 0.332 e. The van der Waals surface area contributed by atoms with E-state index < -0.39 is 11.7 Å². The Labute approximate surface area is 141 Å². The molecule has 3 aromatic rings. The van der Waals surface area contributed by atoms with E-state index in [1.807, 2.05) is 6.92 Å². The maximum Gasteiger partial charge on any atom is 0.262 e. The minimum Gasteiger partial charge on any atom is -0.332 e. The lowest BCUT2D eigenvalue weighted by atomic mass is 10.1. The molecule has 0 fully saturated rings. The quantitative estimate of drug-likeness (QED) is 0.716. The monoisotopic (exact) mass is 343 g/mol. The maximum atomic E-state index is 13.2. The van der Waals surface area contributed by atoms with Crippen molar-refractivity contribution in [2.24, 2.45) is 0 Å². The van der Waals surface area contributed by atoms with Gasteiger partial charge in [-0.3, -0.25) is 14.2 Å². The number of anilines is 1. The van der Waals surface area contributed by atoms with Gasteiger partial charge in [-0.25, -0.2) is 4.39 Å². The van der Waals surface area contributed by atoms with Crippen molar-refractivity contribution in [3.05, 3.63) is 69.0 Å². The van der Waals surface area contributed by atoms with Crippen LogP contribution in [-0.4, -0.2) is 15.5 Å². The molecule has 0 unspecified atom stereocenters. The van der Waals surface area contributed by atoms with Crippen molar-refractivity contribution in [2.45, 2.75) is 13.5 Å². The van der Waals surface area contributed by atoms with Gasteiger partial charge in [-0.15, -0.1) is 0 Å². The molecule has 1 heterocycles. The number of fused-ring (bicyclic) bond motifs is 1. The first-order chi connectivity index (χ1) is 11.5. The first-order valence-corrected chi connectivity index (χ1v) is 7.74. The molecule has 122 valence electrons. The van der Waals surface area contributed by atoms with Crippen LogP contribution in [0.25, 0.3) is 10.9 Å². The summed E-state index contributed by atoms with van der Waals surface area (Å²) in [5, 5.41) is 3.06. The molecule has 0 aliphatic heterocycles. The van der Waals surface area contributed by atoms with Crippen LogP contribution in [0.3, 0.4) is 0 Å². The van der Waals surface area contributed by atoms with Gasteiger partial charge in [-0.1, -0.05) is 6.07 Å². The van der Waals surface area contributed by atoms with Crippen molar-refractivity contribution < 1.29 is 9.18 Å². The Morgan fingerprint density at radius 1 is 1.29 bits per heavy atom. The van der Waals surface area contributed by atoms with E-state index in [1.54, 1.807) is 24.3 Å². The zero-order valence-electron chi connectivity index (χ0n) is 12.8. The average molecular weight is 343 g/mol. The number of aromatic amines is 1. The smallest absolute Gasteiger partial charge is 0.262 e. The van der Waals surface area contributed by atoms with Crippen LogP contribution in [0, 0.1) is 10.6 Å². The maximum absolute atomic E-state index is 13.2. The minimum atomic E-state index is -0.435. The zero-order valence-corrected chi connectivity index (χ0v) is 13.6. The zero-order chi connectivity index (χ0) is 17.3. The average Bonchev–Trinajstić information content (AvgIpc) is 2.54. The number of halogens is 1. The second-order valence-electron chi connectivity index (χ2n) is 5.20. The van der Waals surface area contributed by atoms with Crippen molar-refractivity contribution >= 4 is 34.7 Å². The third-order valence-corrected chi connectivity index (χ3v) is 3.97. The number of amides is 1. The third-order valence-electron chi connectivity index (χ3n) is 3.64. The summed E-state index contributed by atoms with van der Waals surface area (Å²) in [7, 11) is 0. The summed E-state index contributed by atoms with van der Waals surface area (Å²) in [6.07, 6.45) is 0. The number of rotatable bonds is 3. The second-order valence-corrected chi connectivity index (χ2v) is 5.59. The summed E-state index contributed by atoms with van der Waals surface area (Å²) in [5.41, 5.74) is 0.982. The highest BCUT2D eigenvalue weighted by atomic mass is 32.1. The van der Waals surface area contributed by atoms with Gasteiger partial charge in [0.1, 0.15) is 5.82 Å². The Balaban J connectivity index is 2.00. The molecule has 1 amide bonds. The Bertz CT molecular complexity index is 1060. The molecule has 0 spiro atoms. The van der Waals surface area contributed by atoms with Crippen LogP contribution in [0.2, 0.25) is 0 Å². The van der Waals surface area contributed by atoms with E-state index in [2.05, 4.69) is 10.3 Å². The van der Waals surface area contributed by atoms with Gasteiger partial charge in [0.15, 0.2) is 4.77 Å². The number of H-pyrrole nitrogens is 1. The molecule has 0 bridgehead atoms. The summed E-state index contributed by atoms with van der Waals surface area (Å²) in [6.45, 7) is 2.30. The molecule has 0 aliphatic carbocycles. The molecular weight excluding hydrogens is 329 g/mol. The van der Waals surface area contributed by atoms with Crippen LogP contribution in [0.5, 0.6) is 0 Å². The molecule has 0 saturated carbocycles. The number of nitrogens with zero attached hydrogens (tertiary/aromatic N) is 1. The van der Waals surface area contributed by atoms with Crippen LogP contribution < -0.4 is 10.9 Å². The summed E-state index contributed by atoms with van der Waals surface area (Å²) < 4.78 is 14.9. The first kappa shape index (κ1) is 16.1. The number of carbonyl (C=O) groups is 1. The Morgan fingerprint density at radius 2 is 2.08 bits per heavy atom. The Kier molecular flexibility index (Phi) is 4.26. The molecule has 7 heteroatoms. The number of aromatic nitrogens is 2. The second kappa shape index (κ2) is 6.37. The van der Waals surface area contributed by atoms with Gasteiger partial charge >= 0.3 is 0 Å². The molecule has 2 N–H and O–H groups in total. The predicted octanol–water partition coefficient (Wildman–Crippen LogP) is 3.47. The molecule has 3 rings (SSSR count). The topological polar surface area (TPSA) is 66.9 Å². The normalized spacial score (nSPS) is 10.8. The van der Waals surface area contributed by atoms with Crippen molar-refractivity contribution in [1.29, 1.82) is 0 Å². The number of benzene rings is 2. The highest BCUT2D eigenvalue weighted by Crippen LogP contribution is 2.14. The van der Waals surface area contributed by atoms with Crippen molar-refractivity contribution in [3.63, 3.8) is 0 Å². The molecule has 0 saturated heterocycles. The molecule has 5 nitrogen and oxygen atoms in total. The lowest BCUT2D eigenvalue weighted by Gasteiger charge is -2.08. The molecule has 1 aromatic heterocycles. The minimum absolute atomic E-state index is 0.201. The van der Waals surface area contributed by atoms with E-state index >= 15 is 0 Å². The fourth-order valence-corrected chi connectivity index (χ4v) is 2.77. The van der Waals surface area contributed by atoms with Crippen LogP contribution in [-0.2, 0) is 6.54 Å². The van der Waals surface area contributed by atoms with E-state index in [0.29, 0.717) is 33.5 Å². The van der Waals surface area contributed by atoms with Gasteiger partial charge < -0.3 is 10.3 Å². The van der Waals surface area contributed by atoms with Gasteiger partial charge in [0.2, 0.25) is 0 Å². The molecular formula is C17H14FN3O2S. The summed E-state index contributed by atoms with van der Waals surface area (Å²) in [6, 6.07) is 10.3. The summed E-state index contributed by atoms with van der Waals surface area (Å²) in [5.74, 6) is -0.836. The number of hydrogen-bond acceptors (Lipinski definition) is 3. The van der Waals surface area contributed by atoms with E-state index in [0.717, 1.165) is 0 Å². The van der Waals surface area contributed by atoms with E-state index in [4.69, 9.17) is 12.2 Å². The molecule has 24 heavy (non-hydrogen) atoms. The lowest BCUT2D eigenvalue weighted by Crippen LogP contribution is -2.21. The molecule has 0 radical (unpaired) electrons. The summed E-state index contributed by atoms with van der Waals surface area (Å²) in [4.78, 5) is 27.6. The standard InChI is InChI=1S/C17H14FN3O2S/c1-2-21-16(23)13-7-6-10(8-14(13)20-17(21)24)15(22)19-12-5-3-4-11(18)9-12/h3-9H,2H2,1H3,(H,19,22)(H,20,24). The lowest BCUT2D eigenvalue weighted by molar-refractivity contribution is 0.102. The van der Waals surface area contributed by atoms with Crippen LogP contribution >= 0.6 is 12.2 Å². The van der Waals surface area contributed by atoms with E-state index in [1.165, 1.54) is 22.8 Å². The molecule has 2 aromatic carbocycles. The SMILES string of the molecule is CCn1c(=S)[nH]c2cc(C(=O)Nc3cccc(F)c3)ccc2c1=O. The van der Waals surface area contributed by atoms with E-state index in [-0.39, 0.29) is 5.56 Å². The highest BCUT2D eigenvalue weighted by Gasteiger charge is 2.10. The number of hydrogen-bond donors (Lipinski definition) is 2. The van der Waals surface area contributed by atoms with Crippen molar-refractivity contribution in [2.75, 3.05) is 5.32 Å². The van der Waals surface area contributed by atoms with Crippen LogP contribution in [0.1, 0.15) is 17.3 Å². The fourth-order valence-electron chi connectivity index (χ4n) is 2.45.